The second-order valence-electron chi connectivity index (χ2n) is 34.9. The summed E-state index contributed by atoms with van der Waals surface area (Å²) in [6.07, 6.45) is 0. The smallest absolute Gasteiger partial charge is 0.246 e. The zero-order valence-corrected chi connectivity index (χ0v) is 64.4. The molecule has 9 heteroatoms. The van der Waals surface area contributed by atoms with Crippen LogP contribution in [-0.2, 0) is 27.1 Å². The van der Waals surface area contributed by atoms with Crippen LogP contribution in [0.25, 0.3) is 33.1 Å². The Labute approximate surface area is 653 Å². The number of aromatic nitrogens is 1. The van der Waals surface area contributed by atoms with Gasteiger partial charge in [-0.15, -0.1) is 0 Å². The summed E-state index contributed by atoms with van der Waals surface area (Å²) in [5.41, 5.74) is 39.2. The molecule has 0 amide bonds. The van der Waals surface area contributed by atoms with Crippen LogP contribution in [0.4, 0.5) is 51.2 Å². The molecule has 0 bridgehead atoms. The lowest BCUT2D eigenvalue weighted by Crippen LogP contribution is -2.71. The number of nitrogens with zero attached hydrogens (tertiary/aromatic N) is 4. The van der Waals surface area contributed by atoms with Gasteiger partial charge >= 0.3 is 0 Å². The van der Waals surface area contributed by atoms with Gasteiger partial charge in [-0.25, -0.2) is 0 Å². The first-order valence-electron chi connectivity index (χ1n) is 39.6. The van der Waals surface area contributed by atoms with Gasteiger partial charge in [-0.2, -0.15) is 0 Å². The maximum absolute atomic E-state index is 14.6. The number of anilines is 9. The van der Waals surface area contributed by atoms with Gasteiger partial charge < -0.3 is 24.0 Å². The molecule has 0 unspecified atom stereocenters. The number of carbonyl (C=O) groups excluding carboxylic acids is 2. The number of para-hydroxylation sites is 7. The van der Waals surface area contributed by atoms with Crippen molar-refractivity contribution in [3.05, 3.63) is 375 Å². The topological polar surface area (TPSA) is 58.0 Å². The molecule has 1 aromatic heterocycles. The van der Waals surface area contributed by atoms with Crippen molar-refractivity contribution in [3.63, 3.8) is 0 Å². The minimum atomic E-state index is -0.248. The number of hydrogen-bond acceptors (Lipinski definition) is 6. The second-order valence-corrected chi connectivity index (χ2v) is 34.9. The Balaban J connectivity index is 0.000000135. The molecule has 0 aliphatic carbocycles. The summed E-state index contributed by atoms with van der Waals surface area (Å²) in [6, 6.07) is 101. The van der Waals surface area contributed by atoms with Crippen molar-refractivity contribution in [1.29, 1.82) is 0 Å². The molecule has 0 saturated heterocycles. The van der Waals surface area contributed by atoms with E-state index < -0.39 is 0 Å². The average molecular weight is 1440 g/mol. The molecule has 14 aromatic carbocycles. The third-order valence-corrected chi connectivity index (χ3v) is 27.6. The van der Waals surface area contributed by atoms with E-state index in [2.05, 4.69) is 313 Å². The van der Waals surface area contributed by atoms with Crippen LogP contribution in [-0.4, -0.2) is 29.6 Å². The molecule has 0 fully saturated rings. The quantitative estimate of drug-likeness (QED) is 0.164. The van der Waals surface area contributed by atoms with E-state index in [9.17, 15) is 9.59 Å². The Kier molecular flexibility index (Phi) is 12.9. The highest BCUT2D eigenvalue weighted by Gasteiger charge is 2.56. The zero-order chi connectivity index (χ0) is 75.9. The second kappa shape index (κ2) is 22.1. The van der Waals surface area contributed by atoms with Crippen molar-refractivity contribution in [2.75, 3.05) is 14.7 Å². The number of rotatable bonds is 4. The van der Waals surface area contributed by atoms with Crippen molar-refractivity contribution < 1.29 is 14.3 Å². The summed E-state index contributed by atoms with van der Waals surface area (Å²) < 4.78 is 9.18. The van der Waals surface area contributed by atoms with Crippen LogP contribution in [0.2, 0.25) is 0 Å². The van der Waals surface area contributed by atoms with E-state index in [-0.39, 0.29) is 52.1 Å². The van der Waals surface area contributed by atoms with Gasteiger partial charge in [-0.3, -0.25) is 9.59 Å². The first kappa shape index (κ1) is 65.2. The lowest BCUT2D eigenvalue weighted by Gasteiger charge is -2.53. The highest BCUT2D eigenvalue weighted by molar-refractivity contribution is 7.02. The van der Waals surface area contributed by atoms with E-state index in [0.717, 1.165) is 89.1 Å². The number of fused-ring (bicyclic) bond motifs is 10. The Bertz CT molecular complexity index is 6690. The molecule has 0 radical (unpaired) electrons. The molecule has 7 nitrogen and oxygen atoms in total. The number of ether oxygens (including phenoxy) is 1. The van der Waals surface area contributed by atoms with Crippen LogP contribution < -0.4 is 52.2 Å². The van der Waals surface area contributed by atoms with E-state index in [4.69, 9.17) is 4.74 Å². The first-order valence-corrected chi connectivity index (χ1v) is 39.6. The fraction of sp³-hybridized carbons (Fsp3) is 0.146. The molecule has 112 heavy (non-hydrogen) atoms. The van der Waals surface area contributed by atoms with Crippen molar-refractivity contribution in [2.45, 2.75) is 96.3 Å². The molecule has 9 aliphatic heterocycles. The third-order valence-electron chi connectivity index (χ3n) is 27.6. The Morgan fingerprint density at radius 2 is 0.688 bits per heavy atom. The monoisotopic (exact) mass is 1440 g/mol. The maximum Gasteiger partial charge on any atom is 0.246 e. The van der Waals surface area contributed by atoms with Gasteiger partial charge in [-0.05, 0) is 192 Å². The van der Waals surface area contributed by atoms with Gasteiger partial charge in [0.25, 0.3) is 0 Å². The largest absolute Gasteiger partial charge is 0.452 e. The first-order chi connectivity index (χ1) is 54.1. The Hall–Kier alpha value is -12.7. The van der Waals surface area contributed by atoms with Gasteiger partial charge in [0, 0.05) is 77.5 Å². The Morgan fingerprint density at radius 1 is 0.286 bits per heavy atom. The number of benzene rings is 14. The van der Waals surface area contributed by atoms with E-state index in [1.807, 2.05) is 60.7 Å². The molecule has 0 spiro atoms. The Morgan fingerprint density at radius 3 is 1.28 bits per heavy atom. The molecule has 15 aromatic rings. The summed E-state index contributed by atoms with van der Waals surface area (Å²) in [6.45, 7) is 29.2. The summed E-state index contributed by atoms with van der Waals surface area (Å²) in [7, 11) is 0. The van der Waals surface area contributed by atoms with Crippen LogP contribution >= 0.6 is 0 Å². The number of ketones is 2. The molecular formula is C103H78B2N4O3. The molecule has 24 rings (SSSR count). The van der Waals surface area contributed by atoms with E-state index in [0.29, 0.717) is 22.3 Å². The molecule has 0 N–H and O–H groups in total. The fourth-order valence-corrected chi connectivity index (χ4v) is 22.3. The van der Waals surface area contributed by atoms with Gasteiger partial charge in [0.15, 0.2) is 23.1 Å². The summed E-state index contributed by atoms with van der Waals surface area (Å²) >= 11 is 0. The highest BCUT2D eigenvalue weighted by Crippen LogP contribution is 2.61. The van der Waals surface area contributed by atoms with Gasteiger partial charge in [0.1, 0.15) is 0 Å². The van der Waals surface area contributed by atoms with Crippen molar-refractivity contribution in [2.24, 2.45) is 0 Å². The van der Waals surface area contributed by atoms with Crippen LogP contribution in [0.15, 0.2) is 286 Å². The van der Waals surface area contributed by atoms with E-state index in [1.54, 1.807) is 10.9 Å². The summed E-state index contributed by atoms with van der Waals surface area (Å²) in [5, 5.41) is 2.11. The fourth-order valence-electron chi connectivity index (χ4n) is 22.3. The standard InChI is InChI=1S/C57H53BN2.C46H25BN2O3/c1-53(2)36-22-14-16-28-46(36)59(34-20-12-11-13-21-34)48-32-43-49(33-42(48)53)60(47-29-17-15-23-37(47)54(43,3)4)35-30-44-52-45(31-35)57(9,10)41-27-19-25-39-51(41)58(52)50-38(55(39,5)6)24-18-26-40(50)56(44,7)8;1-25-28-14-9-15-30-41(28)47-42-31(44(30)50)16-10-17-32(42)45(51)34-24-27(23-33(25)43(34)47)49-36-19-7-8-20-39(36)52-46-38(49)22-21-37-40(46)29-13-5-6-18-35(29)48(37)26-11-3-2-4-12-26/h11-33H,1-10H3;2-24H,1H2. The van der Waals surface area contributed by atoms with Crippen LogP contribution in [0, 0.1) is 0 Å². The molecule has 0 atom stereocenters. The predicted molar refractivity (Wildman–Crippen MR) is 462 cm³/mol. The van der Waals surface area contributed by atoms with E-state index >= 15 is 0 Å². The lowest BCUT2D eigenvalue weighted by atomic mass is 9.23. The molecule has 534 valence electrons. The minimum absolute atomic E-state index is 0.0319. The molecule has 10 heterocycles. The third kappa shape index (κ3) is 8.17. The van der Waals surface area contributed by atoms with Crippen LogP contribution in [0.1, 0.15) is 168 Å². The maximum atomic E-state index is 14.6. The lowest BCUT2D eigenvalue weighted by molar-refractivity contribution is 0.103. The molecule has 9 aliphatic rings. The minimum Gasteiger partial charge on any atom is -0.452 e. The summed E-state index contributed by atoms with van der Waals surface area (Å²) in [4.78, 5) is 35.9. The highest BCUT2D eigenvalue weighted by atomic mass is 16.5. The van der Waals surface area contributed by atoms with Crippen LogP contribution in [0.5, 0.6) is 11.5 Å². The van der Waals surface area contributed by atoms with Gasteiger partial charge in [0.05, 0.1) is 50.5 Å². The van der Waals surface area contributed by atoms with E-state index in [1.165, 1.54) is 95.2 Å². The molecule has 0 saturated carbocycles. The average Bonchev–Trinajstić information content (AvgIpc) is 0.827. The van der Waals surface area contributed by atoms with Crippen molar-refractivity contribution in [1.82, 2.24) is 4.57 Å². The predicted octanol–water partition coefficient (Wildman–Crippen LogP) is 20.7. The number of carbonyl (C=O) groups is 2. The van der Waals surface area contributed by atoms with Crippen molar-refractivity contribution in [3.8, 4) is 17.2 Å². The number of hydrogen-bond donors (Lipinski definition) is 0. The normalized spacial score (nSPS) is 16.9. The van der Waals surface area contributed by atoms with Crippen molar-refractivity contribution >= 4 is 136 Å². The van der Waals surface area contributed by atoms with Crippen LogP contribution in [0.3, 0.4) is 0 Å². The SMILES string of the molecule is C=C1c2cccc3c2B2c4c1cc(N1c5ccccc5Oc5c1ccc1c5c5ccccc5n1-c1ccccc1)cc4C(=O)c1cccc(c12)C3=O.CC1(C)c2ccccc2N(c2ccccc2)c2cc3c(cc21)N(c1cc2c4c(c1)C(C)(C)c1cccc5c1B4c1c(cccc1C2(C)C)C5(C)C)c1ccccc1C3(C)C. The summed E-state index contributed by atoms with van der Waals surface area (Å²) in [5.74, 6) is 1.38. The molecular weight excluding hydrogens is 1360 g/mol. The van der Waals surface area contributed by atoms with Gasteiger partial charge in [-0.1, -0.05) is 268 Å². The van der Waals surface area contributed by atoms with Gasteiger partial charge in [0.2, 0.25) is 13.4 Å². The zero-order valence-electron chi connectivity index (χ0n) is 64.4.